The van der Waals surface area contributed by atoms with Gasteiger partial charge in [-0.25, -0.2) is 9.59 Å². The Hall–Kier alpha value is -3.07. The summed E-state index contributed by atoms with van der Waals surface area (Å²) in [5.74, 6) is -2.33. The van der Waals surface area contributed by atoms with Gasteiger partial charge in [-0.2, -0.15) is 0 Å². The summed E-state index contributed by atoms with van der Waals surface area (Å²) in [5.41, 5.74) is 1.24. The average Bonchev–Trinajstić information content (AvgIpc) is 2.66. The first-order chi connectivity index (χ1) is 13.7. The average molecular weight is 404 g/mol. The molecule has 156 valence electrons. The summed E-state index contributed by atoms with van der Waals surface area (Å²) < 4.78 is 20.9. The Labute approximate surface area is 168 Å². The number of morpholine rings is 1. The van der Waals surface area contributed by atoms with Crippen LogP contribution >= 0.6 is 0 Å². The van der Waals surface area contributed by atoms with Gasteiger partial charge in [-0.3, -0.25) is 4.79 Å². The van der Waals surface area contributed by atoms with Crippen molar-refractivity contribution in [2.75, 3.05) is 38.2 Å². The lowest BCUT2D eigenvalue weighted by Gasteiger charge is -2.29. The summed E-state index contributed by atoms with van der Waals surface area (Å²) in [6.07, 6.45) is 1.25. The van der Waals surface area contributed by atoms with Gasteiger partial charge in [0.05, 0.1) is 13.2 Å². The molecule has 0 unspecified atom stereocenters. The molecule has 1 N–H and O–H groups in total. The molecule has 0 radical (unpaired) electrons. The van der Waals surface area contributed by atoms with Crippen molar-refractivity contribution in [3.05, 3.63) is 35.5 Å². The molecule has 1 aromatic rings. The van der Waals surface area contributed by atoms with E-state index in [9.17, 15) is 14.4 Å². The molecule has 0 atom stereocenters. The molecule has 3 rings (SSSR count). The maximum absolute atomic E-state index is 12.1. The fourth-order valence-corrected chi connectivity index (χ4v) is 2.87. The van der Waals surface area contributed by atoms with Gasteiger partial charge in [-0.05, 0) is 30.7 Å². The first kappa shape index (κ1) is 20.7. The number of hydrogen-bond donors (Lipinski definition) is 1. The number of benzene rings is 1. The highest BCUT2D eigenvalue weighted by molar-refractivity contribution is 6.15. The minimum Gasteiger partial charge on any atom is -0.484 e. The van der Waals surface area contributed by atoms with Crippen molar-refractivity contribution in [3.8, 4) is 5.75 Å². The summed E-state index contributed by atoms with van der Waals surface area (Å²) in [7, 11) is 0. The van der Waals surface area contributed by atoms with Crippen LogP contribution in [0.2, 0.25) is 0 Å². The van der Waals surface area contributed by atoms with E-state index in [4.69, 9.17) is 18.9 Å². The van der Waals surface area contributed by atoms with Gasteiger partial charge in [0, 0.05) is 38.8 Å². The molecule has 9 heteroatoms. The van der Waals surface area contributed by atoms with Gasteiger partial charge < -0.3 is 29.2 Å². The molecule has 2 aliphatic rings. The number of rotatable bonds is 5. The van der Waals surface area contributed by atoms with E-state index in [1.165, 1.54) is 20.0 Å². The SMILES string of the molecule is Cc1cc(OCC(=O)N2CCOCC2)ccc1NC=C1C(=O)OC(C)(C)OC1=O. The smallest absolute Gasteiger partial charge is 0.350 e. The van der Waals surface area contributed by atoms with Crippen LogP contribution < -0.4 is 10.1 Å². The molecule has 1 amide bonds. The molecule has 2 aliphatic heterocycles. The van der Waals surface area contributed by atoms with E-state index in [1.807, 2.05) is 6.92 Å². The highest BCUT2D eigenvalue weighted by Crippen LogP contribution is 2.25. The highest BCUT2D eigenvalue weighted by Gasteiger charge is 2.38. The van der Waals surface area contributed by atoms with Crippen LogP contribution in [0.5, 0.6) is 5.75 Å². The zero-order chi connectivity index (χ0) is 21.0. The number of amides is 1. The van der Waals surface area contributed by atoms with Crippen molar-refractivity contribution in [1.29, 1.82) is 0 Å². The molecular formula is C20H24N2O7. The van der Waals surface area contributed by atoms with Gasteiger partial charge in [0.1, 0.15) is 5.75 Å². The third kappa shape index (κ3) is 5.26. The van der Waals surface area contributed by atoms with Gasteiger partial charge >= 0.3 is 11.9 Å². The van der Waals surface area contributed by atoms with Gasteiger partial charge in [-0.1, -0.05) is 0 Å². The minimum absolute atomic E-state index is 0.0519. The van der Waals surface area contributed by atoms with Crippen LogP contribution in [-0.4, -0.2) is 61.4 Å². The van der Waals surface area contributed by atoms with E-state index in [2.05, 4.69) is 5.32 Å². The third-order valence-electron chi connectivity index (χ3n) is 4.41. The zero-order valence-corrected chi connectivity index (χ0v) is 16.6. The van der Waals surface area contributed by atoms with Crippen LogP contribution in [-0.2, 0) is 28.6 Å². The Morgan fingerprint density at radius 2 is 1.86 bits per heavy atom. The molecule has 9 nitrogen and oxygen atoms in total. The monoisotopic (exact) mass is 404 g/mol. The van der Waals surface area contributed by atoms with E-state index in [0.29, 0.717) is 37.7 Å². The topological polar surface area (TPSA) is 103 Å². The van der Waals surface area contributed by atoms with Crippen LogP contribution in [0.25, 0.3) is 0 Å². The lowest BCUT2D eigenvalue weighted by Crippen LogP contribution is -2.42. The number of carbonyl (C=O) groups is 3. The van der Waals surface area contributed by atoms with E-state index >= 15 is 0 Å². The number of ether oxygens (including phenoxy) is 4. The number of aryl methyl sites for hydroxylation is 1. The number of cyclic esters (lactones) is 2. The number of nitrogens with one attached hydrogen (secondary N) is 1. The quantitative estimate of drug-likeness (QED) is 0.446. The molecule has 0 aliphatic carbocycles. The van der Waals surface area contributed by atoms with Crippen molar-refractivity contribution in [1.82, 2.24) is 4.90 Å². The molecule has 29 heavy (non-hydrogen) atoms. The van der Waals surface area contributed by atoms with Crippen molar-refractivity contribution in [2.45, 2.75) is 26.6 Å². The van der Waals surface area contributed by atoms with Crippen LogP contribution in [0, 0.1) is 6.92 Å². The number of hydrogen-bond acceptors (Lipinski definition) is 8. The summed E-state index contributed by atoms with van der Waals surface area (Å²) in [6.45, 7) is 6.97. The Kier molecular flexibility index (Phi) is 6.07. The Balaban J connectivity index is 1.59. The van der Waals surface area contributed by atoms with E-state index < -0.39 is 17.7 Å². The van der Waals surface area contributed by atoms with Crippen molar-refractivity contribution in [2.24, 2.45) is 0 Å². The van der Waals surface area contributed by atoms with Gasteiger partial charge in [0.2, 0.25) is 0 Å². The molecule has 0 aromatic heterocycles. The Morgan fingerprint density at radius 3 is 2.48 bits per heavy atom. The molecule has 0 bridgehead atoms. The summed E-state index contributed by atoms with van der Waals surface area (Å²) in [4.78, 5) is 37.8. The first-order valence-electron chi connectivity index (χ1n) is 9.27. The third-order valence-corrected chi connectivity index (χ3v) is 4.41. The van der Waals surface area contributed by atoms with Crippen molar-refractivity contribution >= 4 is 23.5 Å². The van der Waals surface area contributed by atoms with Crippen molar-refractivity contribution < 1.29 is 33.3 Å². The summed E-state index contributed by atoms with van der Waals surface area (Å²) in [6, 6.07) is 5.18. The molecule has 2 saturated heterocycles. The Bertz CT molecular complexity index is 819. The second-order valence-electron chi connectivity index (χ2n) is 7.14. The zero-order valence-electron chi connectivity index (χ0n) is 16.6. The van der Waals surface area contributed by atoms with Crippen molar-refractivity contribution in [3.63, 3.8) is 0 Å². The van der Waals surface area contributed by atoms with Crippen LogP contribution in [0.3, 0.4) is 0 Å². The van der Waals surface area contributed by atoms with Gasteiger partial charge in [-0.15, -0.1) is 0 Å². The molecule has 2 fully saturated rings. The largest absolute Gasteiger partial charge is 0.484 e. The number of esters is 2. The van der Waals surface area contributed by atoms with E-state index in [1.54, 1.807) is 23.1 Å². The maximum Gasteiger partial charge on any atom is 0.350 e. The predicted octanol–water partition coefficient (Wildman–Crippen LogP) is 1.36. The lowest BCUT2D eigenvalue weighted by molar-refractivity contribution is -0.222. The standard InChI is InChI=1S/C20H24N2O7/c1-13-10-14(27-12-17(23)22-6-8-26-9-7-22)4-5-16(13)21-11-15-18(24)28-20(2,3)29-19(15)25/h4-5,10-11,21H,6-9,12H2,1-3H3. The van der Waals surface area contributed by atoms with Crippen LogP contribution in [0.1, 0.15) is 19.4 Å². The Morgan fingerprint density at radius 1 is 1.21 bits per heavy atom. The van der Waals surface area contributed by atoms with Crippen LogP contribution in [0.4, 0.5) is 5.69 Å². The highest BCUT2D eigenvalue weighted by atomic mass is 16.7. The second-order valence-corrected chi connectivity index (χ2v) is 7.14. The lowest BCUT2D eigenvalue weighted by atomic mass is 10.2. The molecule has 2 heterocycles. The van der Waals surface area contributed by atoms with Gasteiger partial charge in [0.25, 0.3) is 11.7 Å². The molecule has 0 spiro atoms. The number of nitrogens with zero attached hydrogens (tertiary/aromatic N) is 1. The van der Waals surface area contributed by atoms with E-state index in [0.717, 1.165) is 5.56 Å². The second kappa shape index (κ2) is 8.52. The molecular weight excluding hydrogens is 380 g/mol. The molecule has 1 aromatic carbocycles. The summed E-state index contributed by atoms with van der Waals surface area (Å²) >= 11 is 0. The van der Waals surface area contributed by atoms with E-state index in [-0.39, 0.29) is 18.1 Å². The maximum atomic E-state index is 12.1. The van der Waals surface area contributed by atoms with Gasteiger partial charge in [0.15, 0.2) is 12.2 Å². The minimum atomic E-state index is -1.28. The number of carbonyl (C=O) groups excluding carboxylic acids is 3. The summed E-state index contributed by atoms with van der Waals surface area (Å²) in [5, 5.41) is 2.91. The van der Waals surface area contributed by atoms with Crippen LogP contribution in [0.15, 0.2) is 30.0 Å². The number of anilines is 1. The molecule has 0 saturated carbocycles. The fourth-order valence-electron chi connectivity index (χ4n) is 2.87. The predicted molar refractivity (Wildman–Crippen MR) is 102 cm³/mol. The normalized spacial score (nSPS) is 18.6. The fraction of sp³-hybridized carbons (Fsp3) is 0.450. The first-order valence-corrected chi connectivity index (χ1v) is 9.27.